The van der Waals surface area contributed by atoms with E-state index in [9.17, 15) is 5.11 Å². The van der Waals surface area contributed by atoms with E-state index in [1.165, 1.54) is 38.5 Å². The molecule has 0 saturated heterocycles. The zero-order valence-corrected chi connectivity index (χ0v) is 10.3. The number of aliphatic hydroxyl groups excluding tert-OH is 1. The fourth-order valence-electron chi connectivity index (χ4n) is 3.59. The van der Waals surface area contributed by atoms with E-state index in [4.69, 9.17) is 0 Å². The molecule has 0 aliphatic heterocycles. The molecule has 0 bridgehead atoms. The fourth-order valence-corrected chi connectivity index (χ4v) is 3.59. The van der Waals surface area contributed by atoms with Crippen molar-refractivity contribution in [1.82, 2.24) is 0 Å². The predicted octanol–water partition coefficient (Wildman–Crippen LogP) is 3.61. The van der Waals surface area contributed by atoms with Gasteiger partial charge in [0.25, 0.3) is 0 Å². The maximum absolute atomic E-state index is 10.2. The molecule has 0 radical (unpaired) electrons. The second-order valence-electron chi connectivity index (χ2n) is 6.28. The van der Waals surface area contributed by atoms with Crippen LogP contribution in [0.5, 0.6) is 0 Å². The van der Waals surface area contributed by atoms with Crippen molar-refractivity contribution in [2.24, 2.45) is 23.7 Å². The summed E-state index contributed by atoms with van der Waals surface area (Å²) in [6, 6.07) is 0. The van der Waals surface area contributed by atoms with Crippen molar-refractivity contribution < 1.29 is 5.11 Å². The van der Waals surface area contributed by atoms with Crippen molar-refractivity contribution in [3.63, 3.8) is 0 Å². The van der Waals surface area contributed by atoms with Gasteiger partial charge in [0, 0.05) is 0 Å². The molecule has 1 heteroatoms. The van der Waals surface area contributed by atoms with Gasteiger partial charge in [-0.2, -0.15) is 0 Å². The SMILES string of the molecule is CC1CC(C)CC(C(O)CC2CCC2)C1. The van der Waals surface area contributed by atoms with Crippen molar-refractivity contribution in [3.8, 4) is 0 Å². The minimum Gasteiger partial charge on any atom is -0.393 e. The van der Waals surface area contributed by atoms with Crippen molar-refractivity contribution in [1.29, 1.82) is 0 Å². The molecule has 0 aromatic rings. The zero-order valence-electron chi connectivity index (χ0n) is 10.3. The van der Waals surface area contributed by atoms with Gasteiger partial charge >= 0.3 is 0 Å². The van der Waals surface area contributed by atoms with E-state index < -0.39 is 0 Å². The third-order valence-electron chi connectivity index (χ3n) is 4.56. The van der Waals surface area contributed by atoms with Crippen LogP contribution in [0.4, 0.5) is 0 Å². The minimum atomic E-state index is 0.000463. The van der Waals surface area contributed by atoms with Gasteiger partial charge in [-0.1, -0.05) is 33.1 Å². The van der Waals surface area contributed by atoms with Gasteiger partial charge in [-0.15, -0.1) is 0 Å². The van der Waals surface area contributed by atoms with Crippen molar-refractivity contribution >= 4 is 0 Å². The first-order valence-electron chi connectivity index (χ1n) is 6.83. The van der Waals surface area contributed by atoms with E-state index in [0.29, 0.717) is 5.92 Å². The van der Waals surface area contributed by atoms with Crippen LogP contribution >= 0.6 is 0 Å². The molecule has 3 unspecified atom stereocenters. The molecule has 1 N–H and O–H groups in total. The molecule has 3 atom stereocenters. The molecule has 0 spiro atoms. The molecular formula is C14H26O. The normalized spacial score (nSPS) is 39.8. The topological polar surface area (TPSA) is 20.2 Å². The molecule has 0 aromatic carbocycles. The Hall–Kier alpha value is -0.0400. The lowest BCUT2D eigenvalue weighted by molar-refractivity contribution is 0.0278. The van der Waals surface area contributed by atoms with Crippen molar-refractivity contribution in [2.45, 2.75) is 64.9 Å². The monoisotopic (exact) mass is 210 g/mol. The highest BCUT2D eigenvalue weighted by molar-refractivity contribution is 4.82. The zero-order chi connectivity index (χ0) is 10.8. The van der Waals surface area contributed by atoms with E-state index in [1.807, 2.05) is 0 Å². The molecule has 2 aliphatic rings. The molecule has 0 amide bonds. The molecule has 2 saturated carbocycles. The third-order valence-corrected chi connectivity index (χ3v) is 4.56. The minimum absolute atomic E-state index is 0.000463. The molecule has 15 heavy (non-hydrogen) atoms. The van der Waals surface area contributed by atoms with Crippen LogP contribution in [0.3, 0.4) is 0 Å². The second-order valence-corrected chi connectivity index (χ2v) is 6.28. The number of hydrogen-bond acceptors (Lipinski definition) is 1. The lowest BCUT2D eigenvalue weighted by atomic mass is 9.71. The largest absolute Gasteiger partial charge is 0.393 e. The molecule has 0 aromatic heterocycles. The maximum Gasteiger partial charge on any atom is 0.0571 e. The molecule has 2 fully saturated rings. The summed E-state index contributed by atoms with van der Waals surface area (Å²) < 4.78 is 0. The predicted molar refractivity (Wildman–Crippen MR) is 63.6 cm³/mol. The Morgan fingerprint density at radius 2 is 1.67 bits per heavy atom. The van der Waals surface area contributed by atoms with E-state index in [1.54, 1.807) is 0 Å². The smallest absolute Gasteiger partial charge is 0.0571 e. The molecule has 2 rings (SSSR count). The molecule has 1 nitrogen and oxygen atoms in total. The van der Waals surface area contributed by atoms with E-state index in [2.05, 4.69) is 13.8 Å². The molecule has 0 heterocycles. The summed E-state index contributed by atoms with van der Waals surface area (Å²) in [7, 11) is 0. The van der Waals surface area contributed by atoms with Gasteiger partial charge in [0.2, 0.25) is 0 Å². The van der Waals surface area contributed by atoms with E-state index in [-0.39, 0.29) is 6.10 Å². The number of rotatable bonds is 3. The second kappa shape index (κ2) is 4.86. The van der Waals surface area contributed by atoms with Gasteiger partial charge in [-0.25, -0.2) is 0 Å². The summed E-state index contributed by atoms with van der Waals surface area (Å²) in [6.45, 7) is 4.69. The van der Waals surface area contributed by atoms with Gasteiger partial charge in [-0.05, 0) is 49.4 Å². The van der Waals surface area contributed by atoms with Crippen LogP contribution < -0.4 is 0 Å². The van der Waals surface area contributed by atoms with Gasteiger partial charge in [0.05, 0.1) is 6.10 Å². The lowest BCUT2D eigenvalue weighted by Crippen LogP contribution is -2.32. The van der Waals surface area contributed by atoms with Crippen molar-refractivity contribution in [2.75, 3.05) is 0 Å². The van der Waals surface area contributed by atoms with Crippen LogP contribution in [-0.2, 0) is 0 Å². The van der Waals surface area contributed by atoms with Crippen LogP contribution in [0.2, 0.25) is 0 Å². The quantitative estimate of drug-likeness (QED) is 0.754. The third kappa shape index (κ3) is 2.96. The standard InChI is InChI=1S/C14H26O/c1-10-6-11(2)8-13(7-10)14(15)9-12-4-3-5-12/h10-15H,3-9H2,1-2H3. The highest BCUT2D eigenvalue weighted by atomic mass is 16.3. The summed E-state index contributed by atoms with van der Waals surface area (Å²) in [6.07, 6.45) is 9.12. The highest BCUT2D eigenvalue weighted by Gasteiger charge is 2.31. The summed E-state index contributed by atoms with van der Waals surface area (Å²) in [5, 5.41) is 10.2. The average molecular weight is 210 g/mol. The number of aliphatic hydroxyl groups is 1. The first-order valence-corrected chi connectivity index (χ1v) is 6.83. The first kappa shape index (κ1) is 11.4. The fraction of sp³-hybridized carbons (Fsp3) is 1.00. The summed E-state index contributed by atoms with van der Waals surface area (Å²) >= 11 is 0. The Balaban J connectivity index is 1.79. The Morgan fingerprint density at radius 3 is 2.13 bits per heavy atom. The van der Waals surface area contributed by atoms with Gasteiger partial charge < -0.3 is 5.11 Å². The van der Waals surface area contributed by atoms with E-state index in [0.717, 1.165) is 24.2 Å². The van der Waals surface area contributed by atoms with Gasteiger partial charge in [-0.3, -0.25) is 0 Å². The van der Waals surface area contributed by atoms with Gasteiger partial charge in [0.1, 0.15) is 0 Å². The average Bonchev–Trinajstić information content (AvgIpc) is 2.09. The Bertz CT molecular complexity index is 188. The van der Waals surface area contributed by atoms with Crippen LogP contribution in [0.25, 0.3) is 0 Å². The molecule has 88 valence electrons. The highest BCUT2D eigenvalue weighted by Crippen LogP contribution is 2.38. The molecule has 2 aliphatic carbocycles. The first-order chi connectivity index (χ1) is 7.15. The summed E-state index contributed by atoms with van der Waals surface area (Å²) in [5.41, 5.74) is 0. The Morgan fingerprint density at radius 1 is 1.07 bits per heavy atom. The summed E-state index contributed by atoms with van der Waals surface area (Å²) in [4.78, 5) is 0. The Labute approximate surface area is 94.3 Å². The van der Waals surface area contributed by atoms with E-state index >= 15 is 0 Å². The van der Waals surface area contributed by atoms with Crippen LogP contribution in [-0.4, -0.2) is 11.2 Å². The lowest BCUT2D eigenvalue weighted by Gasteiger charge is -2.37. The number of hydrogen-bond donors (Lipinski definition) is 1. The maximum atomic E-state index is 10.2. The van der Waals surface area contributed by atoms with Crippen molar-refractivity contribution in [3.05, 3.63) is 0 Å². The Kier molecular flexibility index (Phi) is 3.71. The van der Waals surface area contributed by atoms with Crippen LogP contribution in [0.1, 0.15) is 58.8 Å². The van der Waals surface area contributed by atoms with Crippen LogP contribution in [0, 0.1) is 23.7 Å². The summed E-state index contributed by atoms with van der Waals surface area (Å²) in [5.74, 6) is 3.11. The van der Waals surface area contributed by atoms with Gasteiger partial charge in [0.15, 0.2) is 0 Å². The van der Waals surface area contributed by atoms with Crippen LogP contribution in [0.15, 0.2) is 0 Å². The molecular weight excluding hydrogens is 184 g/mol.